The highest BCUT2D eigenvalue weighted by atomic mass is 32.2. The fourth-order valence-electron chi connectivity index (χ4n) is 17.6. The average molecular weight is 2060 g/mol. The van der Waals surface area contributed by atoms with Crippen LogP contribution < -0.4 is 0 Å². The molecule has 0 fully saturated rings. The van der Waals surface area contributed by atoms with Gasteiger partial charge in [0.2, 0.25) is 0 Å². The first-order valence-electron chi connectivity index (χ1n) is 53.4. The maximum atomic E-state index is 2.34. The summed E-state index contributed by atoms with van der Waals surface area (Å²) in [6.07, 6.45) is 15.9. The SMILES string of the molecule is CC(C)(C)c1ccc([S+](c2ccc(C(C)(C)C)cc2)c2ccc(C(C)(C)C)cc2)cc1.CC(C)(C)c1ccc([S+](c2ccccc2)c2ccccc2)cc1.CC(C)c1ccc([S+](c2ccccc2)c2ccccc2)cc1.CCCCCCCCc1ccc([S+](c2ccccc2)c2ccccc2)cc1.CCCCCCc1ccc([S+](c2ccccc2)c2ccccc2)cc1.Cc1ccccc1[S+](c1ccccc1)c1ccccc1. The molecule has 0 spiro atoms. The molecule has 0 heterocycles. The van der Waals surface area contributed by atoms with E-state index in [9.17, 15) is 0 Å². The number of hydrogen-bond donors (Lipinski definition) is 0. The van der Waals surface area contributed by atoms with E-state index in [1.54, 1.807) is 0 Å². The molecule has 0 bridgehead atoms. The molecule has 0 N–H and O–H groups in total. The van der Waals surface area contributed by atoms with Gasteiger partial charge in [0.05, 0.1) is 65.4 Å². The minimum Gasteiger partial charge on any atom is -0.0654 e. The highest BCUT2D eigenvalue weighted by molar-refractivity contribution is 7.98. The lowest BCUT2D eigenvalue weighted by molar-refractivity contribution is 0.589. The molecule has 0 aliphatic rings. The molecule has 18 aromatic rings. The number of unbranched alkanes of at least 4 members (excludes halogenated alkanes) is 8. The molecule has 0 aromatic heterocycles. The van der Waals surface area contributed by atoms with Gasteiger partial charge in [-0.1, -0.05) is 447 Å². The van der Waals surface area contributed by atoms with Gasteiger partial charge in [0.15, 0.2) is 88.1 Å². The van der Waals surface area contributed by atoms with Crippen LogP contribution >= 0.6 is 0 Å². The fraction of sp³-hybridized carbons (Fsp3) is 0.239. The predicted molar refractivity (Wildman–Crippen MR) is 647 cm³/mol. The Morgan fingerprint density at radius 2 is 0.331 bits per heavy atom. The summed E-state index contributed by atoms with van der Waals surface area (Å²) in [7, 11) is -0.298. The van der Waals surface area contributed by atoms with Crippen LogP contribution in [0.15, 0.2) is 586 Å². The monoisotopic (exact) mass is 2060 g/mol. The van der Waals surface area contributed by atoms with Crippen LogP contribution in [0.25, 0.3) is 0 Å². The molecule has 0 aliphatic heterocycles. The molecule has 756 valence electrons. The third-order valence-corrected chi connectivity index (χ3v) is 39.7. The van der Waals surface area contributed by atoms with Crippen molar-refractivity contribution in [1.82, 2.24) is 0 Å². The molecule has 18 rings (SSSR count). The lowest BCUT2D eigenvalue weighted by Crippen LogP contribution is -2.13. The summed E-state index contributed by atoms with van der Waals surface area (Å²) < 4.78 is 0. The van der Waals surface area contributed by atoms with E-state index in [0.717, 1.165) is 0 Å². The van der Waals surface area contributed by atoms with Crippen LogP contribution in [0, 0.1) is 6.92 Å². The Balaban J connectivity index is 0.000000149. The largest absolute Gasteiger partial charge is 0.169 e. The quantitative estimate of drug-likeness (QED) is 0.0300. The fourth-order valence-corrected chi connectivity index (χ4v) is 30.2. The van der Waals surface area contributed by atoms with Crippen LogP contribution in [-0.2, 0) is 99.9 Å². The summed E-state index contributed by atoms with van der Waals surface area (Å²) in [4.78, 5) is 24.8. The first kappa shape index (κ1) is 113. The van der Waals surface area contributed by atoms with Crippen molar-refractivity contribution in [3.05, 3.63) is 542 Å². The molecule has 0 radical (unpaired) electrons. The van der Waals surface area contributed by atoms with E-state index >= 15 is 0 Å². The van der Waals surface area contributed by atoms with Crippen LogP contribution in [-0.4, -0.2) is 0 Å². The third kappa shape index (κ3) is 34.3. The highest BCUT2D eigenvalue weighted by Crippen LogP contribution is 2.42. The lowest BCUT2D eigenvalue weighted by atomic mass is 9.87. The number of benzene rings is 18. The number of hydrogen-bond acceptors (Lipinski definition) is 0. The minimum atomic E-state index is -0.120. The van der Waals surface area contributed by atoms with Gasteiger partial charge in [-0.15, -0.1) is 0 Å². The summed E-state index contributed by atoms with van der Waals surface area (Å²) in [5.41, 5.74) is 11.9. The van der Waals surface area contributed by atoms with Gasteiger partial charge in [-0.2, -0.15) is 0 Å². The summed E-state index contributed by atoms with van der Waals surface area (Å²) in [5, 5.41) is 0. The van der Waals surface area contributed by atoms with Crippen LogP contribution in [0.2, 0.25) is 0 Å². The second kappa shape index (κ2) is 57.7. The van der Waals surface area contributed by atoms with Crippen molar-refractivity contribution in [3.8, 4) is 0 Å². The van der Waals surface area contributed by atoms with Gasteiger partial charge in [-0.25, -0.2) is 0 Å². The van der Waals surface area contributed by atoms with Crippen molar-refractivity contribution >= 4 is 65.4 Å². The van der Waals surface area contributed by atoms with Crippen molar-refractivity contribution in [1.29, 1.82) is 0 Å². The molecular weight excluding hydrogens is 1900 g/mol. The van der Waals surface area contributed by atoms with E-state index in [2.05, 4.69) is 615 Å². The van der Waals surface area contributed by atoms with Gasteiger partial charge in [0, 0.05) is 5.56 Å². The van der Waals surface area contributed by atoms with Crippen LogP contribution in [0.4, 0.5) is 0 Å². The molecule has 0 aliphatic carbocycles. The Hall–Kier alpha value is -11.9. The summed E-state index contributed by atoms with van der Waals surface area (Å²) in [6.45, 7) is 38.5. The van der Waals surface area contributed by atoms with E-state index in [-0.39, 0.29) is 87.0 Å². The Kier molecular flexibility index (Phi) is 44.2. The molecular formula is C142H158S6+6. The van der Waals surface area contributed by atoms with Gasteiger partial charge in [-0.05, 0) is 311 Å². The molecule has 6 heteroatoms. The standard InChI is InChI=1S/C30H39S.C26H31S.C24H27S.C22H23S.C21H21S.C19H17S/c1-28(2,3)22-10-16-25(17-11-22)31(26-18-12-23(13-19-26)29(4,5)6)27-20-14-24(15-21-27)30(7,8)9;1-2-3-4-5-6-9-14-23-19-21-26(22-20-23)27(24-15-10-7-11-16-24)25-17-12-8-13-18-25;1-2-3-4-7-12-21-17-19-24(20-18-21)25(22-13-8-5-9-14-22)23-15-10-6-11-16-23;1-22(2,3)18-14-16-21(17-15-18)23(19-10-6-4-7-11-19)20-12-8-5-9-13-20;1-17(2)18-13-15-21(16-14-18)22(19-9-5-3-6-10-19)20-11-7-4-8-12-20;1-16-10-8-9-15-19(16)20(17-11-4-2-5-12-17)18-13-6-3-7-14-18/h10-21H,1-9H3;7-8,10-13,15-22H,2-6,9,14H2,1H3;5-6,8-11,13-20H,2-4,7,12H2,1H3;4-17H,1-3H3;3-17H,1-2H3;2-15H,1H3/q6*+1. The first-order chi connectivity index (χ1) is 71.7. The zero-order valence-electron chi connectivity index (χ0n) is 90.9. The van der Waals surface area contributed by atoms with E-state index < -0.39 is 0 Å². The lowest BCUT2D eigenvalue weighted by Gasteiger charge is -2.21. The maximum Gasteiger partial charge on any atom is 0.169 e. The average Bonchev–Trinajstić information content (AvgIpc) is 0.792. The second-order valence-electron chi connectivity index (χ2n) is 42.2. The Morgan fingerprint density at radius 3 is 0.527 bits per heavy atom. The summed E-state index contributed by atoms with van der Waals surface area (Å²) in [5.74, 6) is 0.573. The number of rotatable bonds is 31. The van der Waals surface area contributed by atoms with Crippen molar-refractivity contribution in [2.45, 2.75) is 310 Å². The van der Waals surface area contributed by atoms with E-state index in [1.165, 1.54) is 210 Å². The Labute approximate surface area is 909 Å². The Bertz CT molecular complexity index is 6420. The van der Waals surface area contributed by atoms with Gasteiger partial charge in [0.1, 0.15) is 0 Å². The number of aryl methyl sites for hydroxylation is 3. The molecule has 0 amide bonds. The molecule has 0 saturated heterocycles. The van der Waals surface area contributed by atoms with Crippen LogP contribution in [0.5, 0.6) is 0 Å². The van der Waals surface area contributed by atoms with Crippen molar-refractivity contribution < 1.29 is 0 Å². The highest BCUT2D eigenvalue weighted by Gasteiger charge is 2.36. The molecule has 18 aromatic carbocycles. The maximum absolute atomic E-state index is 2.34. The molecule has 0 unspecified atom stereocenters. The molecule has 0 nitrogen and oxygen atoms in total. The van der Waals surface area contributed by atoms with Gasteiger partial charge < -0.3 is 0 Å². The molecule has 0 saturated carbocycles. The summed E-state index contributed by atoms with van der Waals surface area (Å²) in [6, 6.07) is 182. The molecule has 148 heavy (non-hydrogen) atoms. The summed E-state index contributed by atoms with van der Waals surface area (Å²) >= 11 is 0. The van der Waals surface area contributed by atoms with Crippen molar-refractivity contribution in [3.63, 3.8) is 0 Å². The van der Waals surface area contributed by atoms with E-state index in [0.29, 0.717) is 5.92 Å². The zero-order valence-corrected chi connectivity index (χ0v) is 95.8. The predicted octanol–water partition coefficient (Wildman–Crippen LogP) is 40.3. The second-order valence-corrected chi connectivity index (χ2v) is 54.3. The van der Waals surface area contributed by atoms with Crippen molar-refractivity contribution in [2.75, 3.05) is 0 Å². The van der Waals surface area contributed by atoms with Crippen LogP contribution in [0.1, 0.15) is 225 Å². The Morgan fingerprint density at radius 1 is 0.169 bits per heavy atom. The van der Waals surface area contributed by atoms with Gasteiger partial charge in [0.25, 0.3) is 0 Å². The van der Waals surface area contributed by atoms with Gasteiger partial charge >= 0.3 is 0 Å². The smallest absolute Gasteiger partial charge is 0.0654 e. The minimum absolute atomic E-state index is 0.0262. The van der Waals surface area contributed by atoms with E-state index in [4.69, 9.17) is 0 Å². The van der Waals surface area contributed by atoms with Crippen LogP contribution in [0.3, 0.4) is 0 Å². The zero-order chi connectivity index (χ0) is 105. The third-order valence-electron chi connectivity index (χ3n) is 26.2. The van der Waals surface area contributed by atoms with Gasteiger partial charge in [-0.3, -0.25) is 0 Å². The normalized spacial score (nSPS) is 11.5. The topological polar surface area (TPSA) is 0 Å². The van der Waals surface area contributed by atoms with E-state index in [1.807, 2.05) is 0 Å². The first-order valence-corrected chi connectivity index (χ1v) is 60.8. The van der Waals surface area contributed by atoms with Crippen molar-refractivity contribution in [2.24, 2.45) is 0 Å². The molecule has 0 atom stereocenters.